The number of nitro benzene ring substituents is 1. The van der Waals surface area contributed by atoms with Gasteiger partial charge in [0.25, 0.3) is 5.69 Å². The first kappa shape index (κ1) is 14.5. The highest BCUT2D eigenvalue weighted by molar-refractivity contribution is 5.82. The lowest BCUT2D eigenvalue weighted by atomic mass is 10.0. The van der Waals surface area contributed by atoms with Crippen molar-refractivity contribution in [2.75, 3.05) is 13.6 Å². The normalized spacial score (nSPS) is 21.7. The van der Waals surface area contributed by atoms with Crippen LogP contribution in [0.2, 0.25) is 0 Å². The summed E-state index contributed by atoms with van der Waals surface area (Å²) in [5.41, 5.74) is 0.816. The number of hydrogen-bond donors (Lipinski definition) is 1. The second-order valence-corrected chi connectivity index (χ2v) is 5.32. The molecule has 6 nitrogen and oxygen atoms in total. The average Bonchev–Trinajstić information content (AvgIpc) is 2.84. The van der Waals surface area contributed by atoms with E-state index in [-0.39, 0.29) is 17.6 Å². The number of benzene rings is 1. The molecule has 1 aliphatic rings. The van der Waals surface area contributed by atoms with Gasteiger partial charge in [-0.05, 0) is 24.4 Å². The number of nitro groups is 1. The van der Waals surface area contributed by atoms with Crippen LogP contribution >= 0.6 is 0 Å². The van der Waals surface area contributed by atoms with Gasteiger partial charge in [0.05, 0.1) is 11.0 Å². The lowest BCUT2D eigenvalue weighted by molar-refractivity contribution is -0.384. The van der Waals surface area contributed by atoms with Crippen LogP contribution in [0.25, 0.3) is 0 Å². The molecule has 1 aromatic carbocycles. The van der Waals surface area contributed by atoms with Gasteiger partial charge in [-0.25, -0.2) is 0 Å². The third-order valence-corrected chi connectivity index (χ3v) is 3.72. The van der Waals surface area contributed by atoms with Crippen molar-refractivity contribution in [2.24, 2.45) is 5.92 Å². The Kier molecular flexibility index (Phi) is 4.34. The smallest absolute Gasteiger partial charge is 0.269 e. The summed E-state index contributed by atoms with van der Waals surface area (Å²) in [6.45, 7) is 3.30. The number of non-ortho nitro benzene ring substituents is 1. The summed E-state index contributed by atoms with van der Waals surface area (Å²) in [6, 6.07) is 6.25. The van der Waals surface area contributed by atoms with Crippen LogP contribution in [0.4, 0.5) is 5.69 Å². The van der Waals surface area contributed by atoms with E-state index in [9.17, 15) is 14.9 Å². The molecule has 108 valence electrons. The largest absolute Gasteiger partial charge is 0.340 e. The molecule has 1 saturated heterocycles. The molecule has 0 radical (unpaired) electrons. The lowest BCUT2D eigenvalue weighted by Crippen LogP contribution is -2.43. The van der Waals surface area contributed by atoms with E-state index in [2.05, 4.69) is 12.2 Å². The van der Waals surface area contributed by atoms with Crippen molar-refractivity contribution in [3.63, 3.8) is 0 Å². The van der Waals surface area contributed by atoms with Gasteiger partial charge in [0.15, 0.2) is 0 Å². The van der Waals surface area contributed by atoms with Crippen LogP contribution in [0.15, 0.2) is 24.3 Å². The van der Waals surface area contributed by atoms with Gasteiger partial charge >= 0.3 is 0 Å². The Balaban J connectivity index is 2.03. The molecule has 20 heavy (non-hydrogen) atoms. The molecule has 0 bridgehead atoms. The average molecular weight is 277 g/mol. The van der Waals surface area contributed by atoms with E-state index in [4.69, 9.17) is 0 Å². The molecule has 2 rings (SSSR count). The van der Waals surface area contributed by atoms with Crippen LogP contribution < -0.4 is 5.32 Å². The fourth-order valence-electron chi connectivity index (χ4n) is 2.52. The fourth-order valence-corrected chi connectivity index (χ4v) is 2.52. The maximum Gasteiger partial charge on any atom is 0.269 e. The monoisotopic (exact) mass is 277 g/mol. The Hall–Kier alpha value is -1.95. The van der Waals surface area contributed by atoms with E-state index in [0.717, 1.165) is 18.5 Å². The molecule has 1 fully saturated rings. The first-order chi connectivity index (χ1) is 9.49. The number of carbonyl (C=O) groups excluding carboxylic acids is 1. The van der Waals surface area contributed by atoms with Crippen LogP contribution in [0, 0.1) is 16.0 Å². The Morgan fingerprint density at radius 2 is 2.30 bits per heavy atom. The second-order valence-electron chi connectivity index (χ2n) is 5.32. The van der Waals surface area contributed by atoms with Crippen molar-refractivity contribution >= 4 is 11.6 Å². The van der Waals surface area contributed by atoms with E-state index in [0.29, 0.717) is 12.5 Å². The van der Waals surface area contributed by atoms with E-state index in [1.807, 2.05) is 0 Å². The highest BCUT2D eigenvalue weighted by Gasteiger charge is 2.31. The van der Waals surface area contributed by atoms with E-state index < -0.39 is 4.92 Å². The van der Waals surface area contributed by atoms with Crippen molar-refractivity contribution < 1.29 is 9.72 Å². The quantitative estimate of drug-likeness (QED) is 0.669. The molecule has 2 atom stereocenters. The number of nitrogens with one attached hydrogen (secondary N) is 1. The van der Waals surface area contributed by atoms with Crippen LogP contribution in [-0.2, 0) is 11.3 Å². The standard InChI is InChI=1S/C14H19N3O3/c1-10-6-7-15-13(10)14(18)16(2)9-11-4-3-5-12(8-11)17(19)20/h3-5,8,10,13,15H,6-7,9H2,1-2H3. The van der Waals surface area contributed by atoms with Crippen molar-refractivity contribution in [3.8, 4) is 0 Å². The maximum absolute atomic E-state index is 12.3. The lowest BCUT2D eigenvalue weighted by Gasteiger charge is -2.23. The van der Waals surface area contributed by atoms with Crippen molar-refractivity contribution in [1.29, 1.82) is 0 Å². The van der Waals surface area contributed by atoms with Crippen molar-refractivity contribution in [3.05, 3.63) is 39.9 Å². The van der Waals surface area contributed by atoms with Crippen LogP contribution in [-0.4, -0.2) is 35.4 Å². The van der Waals surface area contributed by atoms with Gasteiger partial charge in [0.1, 0.15) is 0 Å². The van der Waals surface area contributed by atoms with Gasteiger partial charge in [-0.1, -0.05) is 19.1 Å². The summed E-state index contributed by atoms with van der Waals surface area (Å²) in [5, 5.41) is 13.9. The Bertz CT molecular complexity index is 518. The minimum Gasteiger partial charge on any atom is -0.340 e. The Morgan fingerprint density at radius 3 is 2.90 bits per heavy atom. The summed E-state index contributed by atoms with van der Waals surface area (Å²) >= 11 is 0. The number of hydrogen-bond acceptors (Lipinski definition) is 4. The summed E-state index contributed by atoms with van der Waals surface area (Å²) < 4.78 is 0. The van der Waals surface area contributed by atoms with E-state index in [1.54, 1.807) is 24.1 Å². The third kappa shape index (κ3) is 3.14. The molecule has 0 spiro atoms. The zero-order valence-electron chi connectivity index (χ0n) is 11.7. The highest BCUT2D eigenvalue weighted by Crippen LogP contribution is 2.18. The van der Waals surface area contributed by atoms with Gasteiger partial charge in [-0.2, -0.15) is 0 Å². The van der Waals surface area contributed by atoms with Crippen molar-refractivity contribution in [2.45, 2.75) is 25.9 Å². The number of rotatable bonds is 4. The molecule has 6 heteroatoms. The zero-order chi connectivity index (χ0) is 14.7. The SMILES string of the molecule is CC1CCNC1C(=O)N(C)Cc1cccc([N+](=O)[O-])c1. The molecule has 1 heterocycles. The molecule has 1 aliphatic heterocycles. The number of amides is 1. The predicted octanol–water partition coefficient (Wildman–Crippen LogP) is 1.55. The molecule has 0 aromatic heterocycles. The van der Waals surface area contributed by atoms with Gasteiger partial charge in [0, 0.05) is 25.7 Å². The molecule has 1 aromatic rings. The third-order valence-electron chi connectivity index (χ3n) is 3.72. The minimum absolute atomic E-state index is 0.0431. The molecule has 0 aliphatic carbocycles. The molecule has 1 amide bonds. The van der Waals surface area contributed by atoms with Gasteiger partial charge in [-0.3, -0.25) is 14.9 Å². The van der Waals surface area contributed by atoms with Gasteiger partial charge < -0.3 is 10.2 Å². The van der Waals surface area contributed by atoms with Crippen LogP contribution in [0.3, 0.4) is 0 Å². The summed E-state index contributed by atoms with van der Waals surface area (Å²) in [6.07, 6.45) is 1.00. The van der Waals surface area contributed by atoms with E-state index in [1.165, 1.54) is 12.1 Å². The predicted molar refractivity (Wildman–Crippen MR) is 75.1 cm³/mol. The number of nitrogens with zero attached hydrogens (tertiary/aromatic N) is 2. The second kappa shape index (κ2) is 6.00. The van der Waals surface area contributed by atoms with Gasteiger partial charge in [-0.15, -0.1) is 0 Å². The Labute approximate surface area is 117 Å². The molecular formula is C14H19N3O3. The minimum atomic E-state index is -0.425. The van der Waals surface area contributed by atoms with Crippen LogP contribution in [0.5, 0.6) is 0 Å². The zero-order valence-corrected chi connectivity index (χ0v) is 11.7. The number of carbonyl (C=O) groups is 1. The van der Waals surface area contributed by atoms with Crippen LogP contribution in [0.1, 0.15) is 18.9 Å². The molecule has 2 unspecified atom stereocenters. The summed E-state index contributed by atoms with van der Waals surface area (Å²) in [5.74, 6) is 0.372. The van der Waals surface area contributed by atoms with Crippen molar-refractivity contribution in [1.82, 2.24) is 10.2 Å². The molecular weight excluding hydrogens is 258 g/mol. The topological polar surface area (TPSA) is 75.5 Å². The maximum atomic E-state index is 12.3. The van der Waals surface area contributed by atoms with Gasteiger partial charge in [0.2, 0.25) is 5.91 Å². The first-order valence-corrected chi connectivity index (χ1v) is 6.70. The highest BCUT2D eigenvalue weighted by atomic mass is 16.6. The summed E-state index contributed by atoms with van der Waals surface area (Å²) in [4.78, 5) is 24.2. The summed E-state index contributed by atoms with van der Waals surface area (Å²) in [7, 11) is 1.73. The van der Waals surface area contributed by atoms with E-state index >= 15 is 0 Å². The fraction of sp³-hybridized carbons (Fsp3) is 0.500. The Morgan fingerprint density at radius 1 is 1.55 bits per heavy atom. The molecule has 0 saturated carbocycles. The first-order valence-electron chi connectivity index (χ1n) is 6.70. The number of likely N-dealkylation sites (N-methyl/N-ethyl adjacent to an activating group) is 1. The molecule has 1 N–H and O–H groups in total.